The van der Waals surface area contributed by atoms with E-state index in [1.807, 2.05) is 20.8 Å². The maximum absolute atomic E-state index is 15.8. The molecule has 3 N–H and O–H groups in total. The first-order valence-corrected chi connectivity index (χ1v) is 37.7. The zero-order chi connectivity index (χ0) is 75.2. The summed E-state index contributed by atoms with van der Waals surface area (Å²) in [4.78, 5) is 192. The molecule has 0 aromatic heterocycles. The standard InChI is InChI=1S/C74H114ClF3N12O12/c1-13-47(4)62-70(100)84(8)48(5)66(96)83(7)45-61(93)86(10)57(42-49-26-17-14-18-27-49)68(98)82(6)44-59(91)79-54(34-32-50-31-33-52(53(75)41-50)74(76,77)78)67(97)90-39-25-30-55(90)65(95)81-73(35-21-22-36-73)72(102)88(12)63(51-28-19-15-20-29-51)71(101)87(11)58(69(99)89-37-23-16-24-38-89)43-60(92)85(9)56(40-46(2)3)64(94)80-62/h31,33,41,46-49,51,54-58,62-63H,13-30,32,34-40,42-45H2,1-12H3,(H,79,91)(H,80,94)(H,81,95)/t47-,48-,54-,55-,56-,57-,58-,62-,63-/m0/s1. The lowest BCUT2D eigenvalue weighted by Crippen LogP contribution is -2.65. The molecule has 3 heterocycles. The molecule has 1 aromatic rings. The number of halogens is 4. The van der Waals surface area contributed by atoms with Gasteiger partial charge < -0.3 is 60.0 Å². The molecule has 3 saturated heterocycles. The Bertz CT molecular complexity index is 3170. The fourth-order valence-corrected chi connectivity index (χ4v) is 16.4. The fraction of sp³-hybridized carbons (Fsp3) is 0.757. The molecule has 3 saturated carbocycles. The molecule has 102 heavy (non-hydrogen) atoms. The molecular formula is C74H114ClF3N12O12. The number of nitrogens with zero attached hydrogens (tertiary/aromatic N) is 9. The van der Waals surface area contributed by atoms with Crippen LogP contribution >= 0.6 is 11.6 Å². The van der Waals surface area contributed by atoms with Crippen LogP contribution in [-0.2, 0) is 70.1 Å². The number of aryl methyl sites for hydroxylation is 1. The van der Waals surface area contributed by atoms with Crippen LogP contribution in [0.15, 0.2) is 18.2 Å². The third-order valence-corrected chi connectivity index (χ3v) is 23.2. The summed E-state index contributed by atoms with van der Waals surface area (Å²) in [5.41, 5.74) is -2.34. The molecule has 0 unspecified atom stereocenters. The minimum absolute atomic E-state index is 0.0152. The number of fused-ring (bicyclic) bond motifs is 1. The molecule has 6 aliphatic rings. The number of carbonyl (C=O) groups excluding carboxylic acids is 12. The quantitative estimate of drug-likeness (QED) is 0.206. The largest absolute Gasteiger partial charge is 0.417 e. The fourth-order valence-electron chi connectivity index (χ4n) is 16.1. The lowest BCUT2D eigenvalue weighted by Gasteiger charge is -2.43. The molecule has 9 atom stereocenters. The van der Waals surface area contributed by atoms with Gasteiger partial charge in [-0.15, -0.1) is 0 Å². The number of likely N-dealkylation sites (tertiary alicyclic amines) is 1. The van der Waals surface area contributed by atoms with Crippen molar-refractivity contribution in [3.8, 4) is 0 Å². The monoisotopic (exact) mass is 1450 g/mol. The van der Waals surface area contributed by atoms with Crippen LogP contribution < -0.4 is 16.0 Å². The first-order chi connectivity index (χ1) is 48.1. The summed E-state index contributed by atoms with van der Waals surface area (Å²) in [5, 5.41) is 8.23. The van der Waals surface area contributed by atoms with E-state index in [9.17, 15) is 41.9 Å². The lowest BCUT2D eigenvalue weighted by atomic mass is 9.81. The Hall–Kier alpha value is -7.06. The van der Waals surface area contributed by atoms with Crippen molar-refractivity contribution in [2.75, 3.05) is 82.1 Å². The first-order valence-electron chi connectivity index (χ1n) is 37.3. The van der Waals surface area contributed by atoms with Crippen molar-refractivity contribution in [2.24, 2.45) is 23.7 Å². The van der Waals surface area contributed by atoms with Crippen LogP contribution in [0.1, 0.15) is 200 Å². The van der Waals surface area contributed by atoms with Crippen LogP contribution in [0.5, 0.6) is 0 Å². The average molecular weight is 1460 g/mol. The molecular weight excluding hydrogens is 1340 g/mol. The van der Waals surface area contributed by atoms with Gasteiger partial charge in [0.05, 0.1) is 30.1 Å². The number of benzene rings is 1. The van der Waals surface area contributed by atoms with E-state index in [2.05, 4.69) is 16.0 Å². The first kappa shape index (κ1) is 82.2. The summed E-state index contributed by atoms with van der Waals surface area (Å²) in [6.45, 7) is 8.48. The Balaban J connectivity index is 1.30. The summed E-state index contributed by atoms with van der Waals surface area (Å²) in [7, 11) is 10.1. The van der Waals surface area contributed by atoms with Crippen molar-refractivity contribution >= 4 is 82.5 Å². The number of hydrogen-bond acceptors (Lipinski definition) is 12. The van der Waals surface area contributed by atoms with Crippen molar-refractivity contribution in [1.29, 1.82) is 0 Å². The van der Waals surface area contributed by atoms with Crippen molar-refractivity contribution in [3.63, 3.8) is 0 Å². The SMILES string of the molecule is CC[C@H](C)[C@@H]1NC(=O)[C@H](CC(C)C)N(C)C(=O)C[C@@H](C(=O)N2CCCCC2)N(C)C(=O)[C@H](C2CCCCC2)N(C)C(=O)C2(CCCC2)NC(=O)[C@@H]2CCCN2C(=O)[C@H](CCc2ccc(C(F)(F)F)c(Cl)c2)NC(=O)CN(C)C(=O)[C@H](CC2CCCCC2)N(C)C(=O)CN(C)C(=O)[C@H](C)N(C)C1=O. The molecule has 24 nitrogen and oxygen atoms in total. The highest BCUT2D eigenvalue weighted by atomic mass is 35.5. The maximum atomic E-state index is 15.8. The number of hydrogen-bond donors (Lipinski definition) is 3. The molecule has 3 aliphatic carbocycles. The van der Waals surface area contributed by atoms with Gasteiger partial charge in [-0.25, -0.2) is 0 Å². The zero-order valence-corrected chi connectivity index (χ0v) is 63.1. The van der Waals surface area contributed by atoms with Gasteiger partial charge in [0.2, 0.25) is 70.9 Å². The van der Waals surface area contributed by atoms with E-state index >= 15 is 28.8 Å². The number of nitrogens with one attached hydrogen (secondary N) is 3. The second-order valence-electron chi connectivity index (χ2n) is 30.5. The Labute approximate surface area is 605 Å². The predicted molar refractivity (Wildman–Crippen MR) is 378 cm³/mol. The number of piperidine rings is 1. The molecule has 570 valence electrons. The number of amides is 12. The van der Waals surface area contributed by atoms with E-state index in [4.69, 9.17) is 11.6 Å². The van der Waals surface area contributed by atoms with E-state index in [1.54, 1.807) is 11.8 Å². The molecule has 1 aromatic carbocycles. The van der Waals surface area contributed by atoms with Gasteiger partial charge in [0.1, 0.15) is 53.9 Å². The van der Waals surface area contributed by atoms with Gasteiger partial charge in [-0.2, -0.15) is 13.2 Å². The van der Waals surface area contributed by atoms with Gasteiger partial charge in [-0.3, -0.25) is 57.5 Å². The van der Waals surface area contributed by atoms with Crippen molar-refractivity contribution in [3.05, 3.63) is 34.3 Å². The van der Waals surface area contributed by atoms with Gasteiger partial charge >= 0.3 is 6.18 Å². The zero-order valence-electron chi connectivity index (χ0n) is 62.3. The highest BCUT2D eigenvalue weighted by molar-refractivity contribution is 6.31. The number of carbonyl (C=O) groups is 12. The highest BCUT2D eigenvalue weighted by Gasteiger charge is 2.52. The van der Waals surface area contributed by atoms with Crippen molar-refractivity contribution in [2.45, 2.75) is 255 Å². The van der Waals surface area contributed by atoms with E-state index < -0.39 is 173 Å². The molecule has 7 rings (SSSR count). The van der Waals surface area contributed by atoms with Gasteiger partial charge in [0, 0.05) is 69.0 Å². The molecule has 6 fully saturated rings. The Kier molecular flexibility index (Phi) is 29.5. The summed E-state index contributed by atoms with van der Waals surface area (Å²) in [5.74, 6) is -8.71. The number of likely N-dealkylation sites (N-methyl/N-ethyl adjacent to an activating group) is 7. The van der Waals surface area contributed by atoms with Crippen LogP contribution in [0.3, 0.4) is 0 Å². The van der Waals surface area contributed by atoms with E-state index in [0.717, 1.165) is 79.7 Å². The third-order valence-electron chi connectivity index (χ3n) is 22.8. The Morgan fingerprint density at radius 2 is 1.23 bits per heavy atom. The Morgan fingerprint density at radius 3 is 1.82 bits per heavy atom. The van der Waals surface area contributed by atoms with Gasteiger partial charge in [0.25, 0.3) is 0 Å². The van der Waals surface area contributed by atoms with E-state index in [0.29, 0.717) is 70.0 Å². The molecule has 12 amide bonds. The topological polar surface area (TPSA) is 270 Å². The average Bonchev–Trinajstić information content (AvgIpc) is 1.22. The number of rotatable bonds is 11. The second kappa shape index (κ2) is 36.6. The van der Waals surface area contributed by atoms with Crippen molar-refractivity contribution in [1.82, 2.24) is 60.0 Å². The third kappa shape index (κ3) is 20.3. The second-order valence-corrected chi connectivity index (χ2v) is 31.0. The van der Waals surface area contributed by atoms with Crippen LogP contribution in [0.4, 0.5) is 13.2 Å². The van der Waals surface area contributed by atoms with E-state index in [-0.39, 0.29) is 63.3 Å². The predicted octanol–water partition coefficient (Wildman–Crippen LogP) is 6.81. The molecule has 3 aliphatic heterocycles. The molecule has 28 heteroatoms. The van der Waals surface area contributed by atoms with Crippen LogP contribution in [0.25, 0.3) is 0 Å². The van der Waals surface area contributed by atoms with Crippen molar-refractivity contribution < 1.29 is 70.7 Å². The van der Waals surface area contributed by atoms with Crippen LogP contribution in [0.2, 0.25) is 5.02 Å². The van der Waals surface area contributed by atoms with Crippen LogP contribution in [0, 0.1) is 23.7 Å². The van der Waals surface area contributed by atoms with Gasteiger partial charge in [0.15, 0.2) is 0 Å². The normalized spacial score (nSPS) is 27.4. The van der Waals surface area contributed by atoms with Crippen LogP contribution in [-0.4, -0.2) is 251 Å². The number of alkyl halides is 3. The minimum Gasteiger partial charge on any atom is -0.343 e. The summed E-state index contributed by atoms with van der Waals surface area (Å²) in [6.07, 6.45) is 7.08. The summed E-state index contributed by atoms with van der Waals surface area (Å²) >= 11 is 6.17. The highest BCUT2D eigenvalue weighted by Crippen LogP contribution is 2.39. The molecule has 1 spiro atoms. The smallest absolute Gasteiger partial charge is 0.343 e. The minimum atomic E-state index is -4.76. The van der Waals surface area contributed by atoms with Gasteiger partial charge in [-0.05, 0) is 132 Å². The van der Waals surface area contributed by atoms with Gasteiger partial charge in [-0.1, -0.05) is 116 Å². The summed E-state index contributed by atoms with van der Waals surface area (Å²) < 4.78 is 41.7. The lowest BCUT2D eigenvalue weighted by molar-refractivity contribution is -0.157. The Morgan fingerprint density at radius 1 is 0.627 bits per heavy atom. The molecule has 0 radical (unpaired) electrons. The molecule has 0 bridgehead atoms. The maximum Gasteiger partial charge on any atom is 0.417 e. The van der Waals surface area contributed by atoms with E-state index in [1.165, 1.54) is 91.7 Å². The summed E-state index contributed by atoms with van der Waals surface area (Å²) in [6, 6.07) is -6.75.